The molecular formula is C25H23N5O5. The summed E-state index contributed by atoms with van der Waals surface area (Å²) >= 11 is 0. The lowest BCUT2D eigenvalue weighted by Gasteiger charge is -2.29. The van der Waals surface area contributed by atoms with E-state index in [2.05, 4.69) is 15.4 Å². The van der Waals surface area contributed by atoms with Crippen molar-refractivity contribution < 1.29 is 23.9 Å². The van der Waals surface area contributed by atoms with Gasteiger partial charge in [0.15, 0.2) is 11.5 Å². The summed E-state index contributed by atoms with van der Waals surface area (Å²) in [5.74, 6) is 5.97. The number of amides is 3. The van der Waals surface area contributed by atoms with Crippen molar-refractivity contribution in [3.8, 4) is 11.5 Å². The van der Waals surface area contributed by atoms with Gasteiger partial charge in [-0.15, -0.1) is 0 Å². The minimum Gasteiger partial charge on any atom is -0.493 e. The highest BCUT2D eigenvalue weighted by Gasteiger charge is 2.39. The Kier molecular flexibility index (Phi) is 5.77. The number of carbonyl (C=O) groups is 3. The summed E-state index contributed by atoms with van der Waals surface area (Å²) in [5.41, 5.74) is 3.97. The molecule has 0 aliphatic carbocycles. The molecule has 0 aromatic heterocycles. The molecule has 0 saturated carbocycles. The topological polar surface area (TPSA) is 136 Å². The van der Waals surface area contributed by atoms with Gasteiger partial charge in [-0.3, -0.25) is 24.7 Å². The number of piperidine rings is 1. The fourth-order valence-electron chi connectivity index (χ4n) is 4.46. The first kappa shape index (κ1) is 22.3. The van der Waals surface area contributed by atoms with Gasteiger partial charge in [-0.2, -0.15) is 5.10 Å². The van der Waals surface area contributed by atoms with Crippen LogP contribution in [0.3, 0.4) is 0 Å². The monoisotopic (exact) mass is 473 g/mol. The third-order valence-corrected chi connectivity index (χ3v) is 6.24. The Morgan fingerprint density at radius 1 is 1.26 bits per heavy atom. The van der Waals surface area contributed by atoms with Gasteiger partial charge in [0, 0.05) is 29.7 Å². The van der Waals surface area contributed by atoms with E-state index >= 15 is 0 Å². The number of ether oxygens (including phenoxy) is 2. The number of methoxy groups -OCH3 is 1. The summed E-state index contributed by atoms with van der Waals surface area (Å²) in [6.45, 7) is 0.536. The largest absolute Gasteiger partial charge is 0.493 e. The van der Waals surface area contributed by atoms with Crippen LogP contribution in [-0.2, 0) is 16.1 Å². The third-order valence-electron chi connectivity index (χ3n) is 6.24. The van der Waals surface area contributed by atoms with Crippen LogP contribution in [0, 0.1) is 0 Å². The Hall–Kier alpha value is -4.47. The van der Waals surface area contributed by atoms with E-state index < -0.39 is 11.9 Å². The van der Waals surface area contributed by atoms with E-state index in [1.165, 1.54) is 4.90 Å². The molecule has 3 N–H and O–H groups in total. The molecule has 2 aromatic rings. The number of hydrazone groups is 1. The first-order chi connectivity index (χ1) is 17.0. The number of nitrogens with one attached hydrogen (secondary N) is 1. The van der Waals surface area contributed by atoms with Gasteiger partial charge in [0.25, 0.3) is 5.91 Å². The fourth-order valence-corrected chi connectivity index (χ4v) is 4.46. The van der Waals surface area contributed by atoms with Crippen LogP contribution in [-0.4, -0.2) is 54.3 Å². The Morgan fingerprint density at radius 2 is 2.11 bits per heavy atom. The quantitative estimate of drug-likeness (QED) is 0.295. The average molecular weight is 473 g/mol. The van der Waals surface area contributed by atoms with Crippen LogP contribution in [0.5, 0.6) is 11.5 Å². The van der Waals surface area contributed by atoms with Crippen molar-refractivity contribution in [3.63, 3.8) is 0 Å². The Labute approximate surface area is 201 Å². The predicted molar refractivity (Wildman–Crippen MR) is 129 cm³/mol. The summed E-state index contributed by atoms with van der Waals surface area (Å²) in [5, 5.41) is 6.17. The summed E-state index contributed by atoms with van der Waals surface area (Å²) in [7, 11) is 1.59. The van der Waals surface area contributed by atoms with Crippen LogP contribution in [0.1, 0.15) is 34.3 Å². The maximum absolute atomic E-state index is 12.9. The van der Waals surface area contributed by atoms with Crippen molar-refractivity contribution in [1.82, 2.24) is 10.2 Å². The van der Waals surface area contributed by atoms with Crippen molar-refractivity contribution in [3.05, 3.63) is 58.7 Å². The molecule has 2 aromatic carbocycles. The van der Waals surface area contributed by atoms with Gasteiger partial charge in [-0.05, 0) is 42.3 Å². The average Bonchev–Trinajstić information content (AvgIpc) is 3.19. The first-order valence-corrected chi connectivity index (χ1v) is 11.1. The zero-order chi connectivity index (χ0) is 24.5. The van der Waals surface area contributed by atoms with Crippen molar-refractivity contribution in [2.75, 3.05) is 13.7 Å². The van der Waals surface area contributed by atoms with Crippen LogP contribution < -0.4 is 20.6 Å². The number of benzene rings is 2. The number of imide groups is 1. The maximum atomic E-state index is 12.9. The van der Waals surface area contributed by atoms with Crippen LogP contribution >= 0.6 is 0 Å². The Bertz CT molecular complexity index is 1330. The molecule has 3 aliphatic heterocycles. The lowest BCUT2D eigenvalue weighted by Crippen LogP contribution is -2.52. The van der Waals surface area contributed by atoms with Crippen LogP contribution in [0.15, 0.2) is 52.1 Å². The van der Waals surface area contributed by atoms with Crippen molar-refractivity contribution >= 4 is 41.4 Å². The molecule has 0 bridgehead atoms. The summed E-state index contributed by atoms with van der Waals surface area (Å²) in [4.78, 5) is 42.5. The lowest BCUT2D eigenvalue weighted by molar-refractivity contribution is -0.136. The van der Waals surface area contributed by atoms with E-state index in [-0.39, 0.29) is 31.4 Å². The minimum absolute atomic E-state index is 0.212. The molecule has 1 fully saturated rings. The van der Waals surface area contributed by atoms with Crippen molar-refractivity contribution in [2.24, 2.45) is 15.9 Å². The first-order valence-electron chi connectivity index (χ1n) is 11.1. The molecule has 5 rings (SSSR count). The van der Waals surface area contributed by atoms with Crippen molar-refractivity contribution in [2.45, 2.75) is 25.4 Å². The molecule has 178 valence electrons. The molecule has 10 nitrogen and oxygen atoms in total. The van der Waals surface area contributed by atoms with E-state index in [0.29, 0.717) is 34.9 Å². The highest BCUT2D eigenvalue weighted by molar-refractivity contribution is 6.39. The van der Waals surface area contributed by atoms with Gasteiger partial charge < -0.3 is 20.2 Å². The van der Waals surface area contributed by atoms with Gasteiger partial charge in [0.05, 0.1) is 19.0 Å². The number of rotatable bonds is 5. The van der Waals surface area contributed by atoms with E-state index in [0.717, 1.165) is 16.7 Å². The van der Waals surface area contributed by atoms with Gasteiger partial charge in [0.1, 0.15) is 18.4 Å². The third kappa shape index (κ3) is 4.14. The number of aliphatic imine (C=N–C) groups is 1. The highest BCUT2D eigenvalue weighted by Crippen LogP contribution is 2.36. The SMILES string of the molecule is COc1cccc2c1OCC(/C(C=Nc1ccc3c(c1)CN(C1CCC(=O)NC1=O)C3=O)=N/N)=C2. The van der Waals surface area contributed by atoms with E-state index in [1.807, 2.05) is 24.3 Å². The summed E-state index contributed by atoms with van der Waals surface area (Å²) in [6.07, 6.45) is 4.01. The minimum atomic E-state index is -0.657. The van der Waals surface area contributed by atoms with Crippen LogP contribution in [0.2, 0.25) is 0 Å². The molecule has 10 heteroatoms. The Balaban J connectivity index is 1.34. The molecule has 3 amide bonds. The molecule has 0 spiro atoms. The number of hydrogen-bond donors (Lipinski definition) is 2. The number of para-hydroxylation sites is 1. The number of fused-ring (bicyclic) bond motifs is 2. The second-order valence-electron chi connectivity index (χ2n) is 8.35. The van der Waals surface area contributed by atoms with Crippen molar-refractivity contribution in [1.29, 1.82) is 0 Å². The van der Waals surface area contributed by atoms with E-state index in [1.54, 1.807) is 31.5 Å². The molecule has 0 radical (unpaired) electrons. The van der Waals surface area contributed by atoms with E-state index in [4.69, 9.17) is 15.3 Å². The van der Waals surface area contributed by atoms with Crippen LogP contribution in [0.25, 0.3) is 6.08 Å². The smallest absolute Gasteiger partial charge is 0.255 e. The molecule has 1 saturated heterocycles. The second kappa shape index (κ2) is 9.05. The molecular weight excluding hydrogens is 450 g/mol. The molecule has 35 heavy (non-hydrogen) atoms. The summed E-state index contributed by atoms with van der Waals surface area (Å²) < 4.78 is 11.2. The van der Waals surface area contributed by atoms with Gasteiger partial charge >= 0.3 is 0 Å². The molecule has 3 heterocycles. The molecule has 1 unspecified atom stereocenters. The number of hydrogen-bond acceptors (Lipinski definition) is 8. The maximum Gasteiger partial charge on any atom is 0.255 e. The fraction of sp³-hybridized carbons (Fsp3) is 0.240. The normalized spacial score (nSPS) is 19.7. The van der Waals surface area contributed by atoms with E-state index in [9.17, 15) is 14.4 Å². The van der Waals surface area contributed by atoms with Gasteiger partial charge in [-0.25, -0.2) is 0 Å². The number of nitrogens with two attached hydrogens (primary N) is 1. The van der Waals surface area contributed by atoms with Gasteiger partial charge in [0.2, 0.25) is 11.8 Å². The standard InChI is InChI=1S/C25H23N5O5/c1-34-21-4-2-3-14-9-16(13-35-23(14)21)19(29-26)11-27-17-5-6-18-15(10-17)12-30(25(18)33)20-7-8-22(31)28-24(20)32/h2-6,9-11,20H,7-8,12-13,26H2,1H3,(H,28,31,32)/b27-11?,29-19+. The predicted octanol–water partition coefficient (Wildman–Crippen LogP) is 1.95. The zero-order valence-corrected chi connectivity index (χ0v) is 19.0. The molecule has 3 aliphatic rings. The zero-order valence-electron chi connectivity index (χ0n) is 19.0. The lowest BCUT2D eigenvalue weighted by atomic mass is 10.0. The number of carbonyl (C=O) groups excluding carboxylic acids is 3. The van der Waals surface area contributed by atoms with Gasteiger partial charge in [-0.1, -0.05) is 12.1 Å². The summed E-state index contributed by atoms with van der Waals surface area (Å²) in [6, 6.07) is 10.2. The number of nitrogens with zero attached hydrogens (tertiary/aromatic N) is 3. The highest BCUT2D eigenvalue weighted by atomic mass is 16.5. The second-order valence-corrected chi connectivity index (χ2v) is 8.35. The Morgan fingerprint density at radius 3 is 2.89 bits per heavy atom. The van der Waals surface area contributed by atoms with Crippen LogP contribution in [0.4, 0.5) is 5.69 Å². The molecule has 1 atom stereocenters.